The van der Waals surface area contributed by atoms with Gasteiger partial charge in [0.1, 0.15) is 0 Å². The minimum Gasteiger partial charge on any atom is -0.340 e. The first kappa shape index (κ1) is 12.1. The first-order valence-corrected chi connectivity index (χ1v) is 7.16. The van der Waals surface area contributed by atoms with Crippen molar-refractivity contribution in [3.05, 3.63) is 12.2 Å². The van der Waals surface area contributed by atoms with Crippen molar-refractivity contribution >= 4 is 0 Å². The third kappa shape index (κ3) is 2.72. The van der Waals surface area contributed by atoms with Crippen molar-refractivity contribution in [1.29, 1.82) is 0 Å². The number of hydrogen-bond acceptors (Lipinski definition) is 5. The summed E-state index contributed by atoms with van der Waals surface area (Å²) >= 11 is 0. The standard InChI is InChI=1S/C13H22N4O/c1-3-10(12-5-2-7-14-12)11(4-1)15-8-6-13-16-9-17-18-13/h9-12,14-15H,1-8H2. The van der Waals surface area contributed by atoms with E-state index in [1.165, 1.54) is 45.0 Å². The third-order valence-electron chi connectivity index (χ3n) is 4.34. The van der Waals surface area contributed by atoms with Gasteiger partial charge in [0.2, 0.25) is 5.89 Å². The van der Waals surface area contributed by atoms with Gasteiger partial charge in [-0.15, -0.1) is 0 Å². The highest BCUT2D eigenvalue weighted by Crippen LogP contribution is 2.31. The van der Waals surface area contributed by atoms with Crippen molar-refractivity contribution in [2.45, 2.75) is 50.6 Å². The topological polar surface area (TPSA) is 63.0 Å². The molecule has 3 rings (SSSR count). The largest absolute Gasteiger partial charge is 0.340 e. The normalized spacial score (nSPS) is 32.1. The number of rotatable bonds is 5. The zero-order valence-corrected chi connectivity index (χ0v) is 10.8. The molecule has 1 aromatic rings. The second-order valence-electron chi connectivity index (χ2n) is 5.44. The Hall–Kier alpha value is -0.940. The Morgan fingerprint density at radius 1 is 1.33 bits per heavy atom. The van der Waals surface area contributed by atoms with E-state index in [1.54, 1.807) is 0 Å². The zero-order valence-electron chi connectivity index (χ0n) is 10.8. The summed E-state index contributed by atoms with van der Waals surface area (Å²) < 4.78 is 5.01. The fraction of sp³-hybridized carbons (Fsp3) is 0.846. The molecular formula is C13H22N4O. The highest BCUT2D eigenvalue weighted by molar-refractivity contribution is 4.93. The molecule has 2 heterocycles. The van der Waals surface area contributed by atoms with Gasteiger partial charge in [-0.05, 0) is 38.1 Å². The van der Waals surface area contributed by atoms with Gasteiger partial charge in [0.05, 0.1) is 0 Å². The van der Waals surface area contributed by atoms with Gasteiger partial charge < -0.3 is 15.2 Å². The van der Waals surface area contributed by atoms with Crippen molar-refractivity contribution in [2.75, 3.05) is 13.1 Å². The van der Waals surface area contributed by atoms with Crippen molar-refractivity contribution in [3.8, 4) is 0 Å². The molecule has 1 aliphatic carbocycles. The van der Waals surface area contributed by atoms with Crippen molar-refractivity contribution < 1.29 is 4.52 Å². The predicted octanol–water partition coefficient (Wildman–Crippen LogP) is 1.12. The lowest BCUT2D eigenvalue weighted by Crippen LogP contribution is -2.42. The first-order chi connectivity index (χ1) is 8.93. The van der Waals surface area contributed by atoms with Gasteiger partial charge in [0.25, 0.3) is 0 Å². The van der Waals surface area contributed by atoms with Gasteiger partial charge in [0, 0.05) is 25.0 Å². The summed E-state index contributed by atoms with van der Waals surface area (Å²) in [5.74, 6) is 1.55. The monoisotopic (exact) mass is 250 g/mol. The van der Waals surface area contributed by atoms with Gasteiger partial charge in [-0.1, -0.05) is 11.6 Å². The van der Waals surface area contributed by atoms with Crippen LogP contribution in [-0.4, -0.2) is 35.3 Å². The van der Waals surface area contributed by atoms with Crippen LogP contribution in [0.2, 0.25) is 0 Å². The Labute approximate surface area is 108 Å². The van der Waals surface area contributed by atoms with E-state index in [1.807, 2.05) is 0 Å². The van der Waals surface area contributed by atoms with Gasteiger partial charge in [-0.25, -0.2) is 0 Å². The smallest absolute Gasteiger partial charge is 0.227 e. The molecule has 1 aromatic heterocycles. The molecule has 0 spiro atoms. The fourth-order valence-corrected chi connectivity index (χ4v) is 3.47. The minimum atomic E-state index is 0.670. The Morgan fingerprint density at radius 2 is 2.33 bits per heavy atom. The van der Waals surface area contributed by atoms with Gasteiger partial charge in [-0.3, -0.25) is 0 Å². The summed E-state index contributed by atoms with van der Waals surface area (Å²) in [4.78, 5) is 4.05. The Balaban J connectivity index is 1.46. The van der Waals surface area contributed by atoms with Gasteiger partial charge >= 0.3 is 0 Å². The van der Waals surface area contributed by atoms with E-state index in [-0.39, 0.29) is 0 Å². The van der Waals surface area contributed by atoms with Gasteiger partial charge in [0.15, 0.2) is 6.33 Å². The Bertz CT molecular complexity index is 348. The molecule has 3 atom stereocenters. The lowest BCUT2D eigenvalue weighted by Gasteiger charge is -2.26. The van der Waals surface area contributed by atoms with E-state index in [0.29, 0.717) is 6.04 Å². The Kier molecular flexibility index (Phi) is 3.90. The summed E-state index contributed by atoms with van der Waals surface area (Å²) in [6.07, 6.45) is 9.05. The second kappa shape index (κ2) is 5.80. The lowest BCUT2D eigenvalue weighted by molar-refractivity contribution is 0.315. The van der Waals surface area contributed by atoms with Crippen molar-refractivity contribution in [2.24, 2.45) is 5.92 Å². The third-order valence-corrected chi connectivity index (χ3v) is 4.34. The molecule has 1 saturated carbocycles. The summed E-state index contributed by atoms with van der Waals surface area (Å²) in [6.45, 7) is 2.14. The van der Waals surface area contributed by atoms with Crippen molar-refractivity contribution in [3.63, 3.8) is 0 Å². The molecule has 2 aliphatic rings. The molecule has 5 heteroatoms. The quantitative estimate of drug-likeness (QED) is 0.820. The maximum Gasteiger partial charge on any atom is 0.227 e. The van der Waals surface area contributed by atoms with Crippen LogP contribution in [0.15, 0.2) is 10.9 Å². The molecule has 0 bridgehead atoms. The molecule has 5 nitrogen and oxygen atoms in total. The summed E-state index contributed by atoms with van der Waals surface area (Å²) in [6, 6.07) is 1.41. The van der Waals surface area contributed by atoms with E-state index in [9.17, 15) is 0 Å². The molecule has 0 amide bonds. The lowest BCUT2D eigenvalue weighted by atomic mass is 9.93. The number of nitrogens with zero attached hydrogens (tertiary/aromatic N) is 2. The average molecular weight is 250 g/mol. The van der Waals surface area contributed by atoms with E-state index in [0.717, 1.165) is 30.8 Å². The van der Waals surface area contributed by atoms with E-state index in [2.05, 4.69) is 20.8 Å². The second-order valence-corrected chi connectivity index (χ2v) is 5.44. The van der Waals surface area contributed by atoms with E-state index in [4.69, 9.17) is 4.52 Å². The molecule has 2 N–H and O–H groups in total. The highest BCUT2D eigenvalue weighted by Gasteiger charge is 2.34. The highest BCUT2D eigenvalue weighted by atomic mass is 16.5. The van der Waals surface area contributed by atoms with Crippen LogP contribution < -0.4 is 10.6 Å². The summed E-state index contributed by atoms with van der Waals surface area (Å²) in [5.41, 5.74) is 0. The maximum atomic E-state index is 5.01. The zero-order chi connectivity index (χ0) is 12.2. The van der Waals surface area contributed by atoms with Gasteiger partial charge in [-0.2, -0.15) is 4.98 Å². The number of aromatic nitrogens is 2. The van der Waals surface area contributed by atoms with Crippen LogP contribution in [0.5, 0.6) is 0 Å². The van der Waals surface area contributed by atoms with Crippen molar-refractivity contribution in [1.82, 2.24) is 20.8 Å². The first-order valence-electron chi connectivity index (χ1n) is 7.16. The van der Waals surface area contributed by atoms with E-state index >= 15 is 0 Å². The molecule has 1 saturated heterocycles. The van der Waals surface area contributed by atoms with Crippen LogP contribution in [-0.2, 0) is 6.42 Å². The number of hydrogen-bond donors (Lipinski definition) is 2. The average Bonchev–Trinajstić information content (AvgIpc) is 3.12. The molecule has 18 heavy (non-hydrogen) atoms. The van der Waals surface area contributed by atoms with Crippen LogP contribution in [0, 0.1) is 5.92 Å². The molecule has 2 fully saturated rings. The molecule has 3 unspecified atom stereocenters. The molecule has 100 valence electrons. The number of nitrogens with one attached hydrogen (secondary N) is 2. The minimum absolute atomic E-state index is 0.670. The predicted molar refractivity (Wildman–Crippen MR) is 68.2 cm³/mol. The van der Waals surface area contributed by atoms with Crippen LogP contribution in [0.1, 0.15) is 38.0 Å². The van der Waals surface area contributed by atoms with Crippen LogP contribution in [0.3, 0.4) is 0 Å². The van der Waals surface area contributed by atoms with Crippen LogP contribution in [0.25, 0.3) is 0 Å². The van der Waals surface area contributed by atoms with Crippen LogP contribution in [0.4, 0.5) is 0 Å². The van der Waals surface area contributed by atoms with E-state index < -0.39 is 0 Å². The Morgan fingerprint density at radius 3 is 3.11 bits per heavy atom. The SMILES string of the molecule is c1noc(CCNC2CCCC2C2CCCN2)n1. The molecular weight excluding hydrogens is 228 g/mol. The fourth-order valence-electron chi connectivity index (χ4n) is 3.47. The molecule has 0 aromatic carbocycles. The maximum absolute atomic E-state index is 5.01. The molecule has 1 aliphatic heterocycles. The summed E-state index contributed by atoms with van der Waals surface area (Å²) in [5, 5.41) is 11.0. The molecule has 0 radical (unpaired) electrons. The summed E-state index contributed by atoms with van der Waals surface area (Å²) in [7, 11) is 0. The van der Waals surface area contributed by atoms with Crippen LogP contribution >= 0.6 is 0 Å².